The van der Waals surface area contributed by atoms with E-state index in [0.29, 0.717) is 5.02 Å². The number of amides is 2. The highest BCUT2D eigenvalue weighted by molar-refractivity contribution is 6.30. The third-order valence-electron chi connectivity index (χ3n) is 4.37. The normalized spacial score (nSPS) is 24.4. The van der Waals surface area contributed by atoms with E-state index in [4.69, 9.17) is 11.6 Å². The van der Waals surface area contributed by atoms with E-state index in [0.717, 1.165) is 31.2 Å². The van der Waals surface area contributed by atoms with Gasteiger partial charge in [0.25, 0.3) is 0 Å². The molecule has 20 heavy (non-hydrogen) atoms. The first-order chi connectivity index (χ1) is 9.66. The van der Waals surface area contributed by atoms with E-state index in [-0.39, 0.29) is 30.2 Å². The largest absolute Gasteiger partial charge is 0.279 e. The summed E-state index contributed by atoms with van der Waals surface area (Å²) < 4.78 is 0. The summed E-state index contributed by atoms with van der Waals surface area (Å²) in [5.41, 5.74) is 0.856. The smallest absolute Gasteiger partial charge is 0.237 e. The van der Waals surface area contributed by atoms with E-state index >= 15 is 0 Å². The van der Waals surface area contributed by atoms with Crippen molar-refractivity contribution in [3.8, 4) is 0 Å². The summed E-state index contributed by atoms with van der Waals surface area (Å²) in [6, 6.07) is 7.41. The summed E-state index contributed by atoms with van der Waals surface area (Å²) in [6.07, 6.45) is 5.65. The van der Waals surface area contributed by atoms with Crippen LogP contribution in [-0.4, -0.2) is 22.8 Å². The number of carbonyl (C=O) groups is 2. The van der Waals surface area contributed by atoms with Crippen LogP contribution in [0.4, 0.5) is 0 Å². The van der Waals surface area contributed by atoms with Crippen LogP contribution in [0, 0.1) is 0 Å². The van der Waals surface area contributed by atoms with E-state index in [2.05, 4.69) is 0 Å². The number of nitrogens with zero attached hydrogens (tertiary/aromatic N) is 1. The highest BCUT2D eigenvalue weighted by atomic mass is 35.5. The minimum Gasteiger partial charge on any atom is -0.279 e. The molecule has 3 nitrogen and oxygen atoms in total. The number of hydrogen-bond donors (Lipinski definition) is 0. The zero-order valence-corrected chi connectivity index (χ0v) is 12.1. The Hall–Kier alpha value is -1.35. The minimum atomic E-state index is -0.344. The molecule has 106 valence electrons. The topological polar surface area (TPSA) is 37.4 Å². The van der Waals surface area contributed by atoms with Gasteiger partial charge in [-0.3, -0.25) is 14.5 Å². The minimum absolute atomic E-state index is 0.0214. The number of likely N-dealkylation sites (tertiary alicyclic amines) is 1. The van der Waals surface area contributed by atoms with Gasteiger partial charge >= 0.3 is 0 Å². The van der Waals surface area contributed by atoms with Gasteiger partial charge in [0.15, 0.2) is 0 Å². The van der Waals surface area contributed by atoms with Crippen LogP contribution in [0.5, 0.6) is 0 Å². The number of hydrogen-bond acceptors (Lipinski definition) is 2. The van der Waals surface area contributed by atoms with Crippen molar-refractivity contribution in [3.05, 3.63) is 34.9 Å². The first-order valence-corrected chi connectivity index (χ1v) is 7.66. The average Bonchev–Trinajstić information content (AvgIpc) is 2.75. The SMILES string of the molecule is O=C1C[C@H](c2cccc(Cl)c2)C(=O)N1C1CCCCC1. The van der Waals surface area contributed by atoms with Crippen molar-refractivity contribution in [1.29, 1.82) is 0 Å². The number of rotatable bonds is 2. The number of imide groups is 1. The second-order valence-electron chi connectivity index (χ2n) is 5.71. The Morgan fingerprint density at radius 3 is 2.55 bits per heavy atom. The van der Waals surface area contributed by atoms with Crippen LogP contribution < -0.4 is 0 Å². The molecule has 1 saturated carbocycles. The molecule has 1 aliphatic carbocycles. The Balaban J connectivity index is 1.82. The molecule has 0 aromatic heterocycles. The summed E-state index contributed by atoms with van der Waals surface area (Å²) in [7, 11) is 0. The van der Waals surface area contributed by atoms with Gasteiger partial charge in [0.05, 0.1) is 5.92 Å². The quantitative estimate of drug-likeness (QED) is 0.782. The lowest BCUT2D eigenvalue weighted by atomic mass is 9.94. The summed E-state index contributed by atoms with van der Waals surface area (Å²) in [5, 5.41) is 0.610. The maximum atomic E-state index is 12.6. The van der Waals surface area contributed by atoms with Gasteiger partial charge in [0.1, 0.15) is 0 Å². The van der Waals surface area contributed by atoms with Crippen molar-refractivity contribution in [2.45, 2.75) is 50.5 Å². The van der Waals surface area contributed by atoms with Crippen molar-refractivity contribution in [2.75, 3.05) is 0 Å². The second-order valence-corrected chi connectivity index (χ2v) is 6.14. The maximum Gasteiger partial charge on any atom is 0.237 e. The zero-order chi connectivity index (χ0) is 14.1. The highest BCUT2D eigenvalue weighted by Gasteiger charge is 2.43. The van der Waals surface area contributed by atoms with Crippen molar-refractivity contribution in [1.82, 2.24) is 4.90 Å². The first-order valence-electron chi connectivity index (χ1n) is 7.28. The third-order valence-corrected chi connectivity index (χ3v) is 4.61. The lowest BCUT2D eigenvalue weighted by Gasteiger charge is -2.29. The maximum absolute atomic E-state index is 12.6. The molecule has 1 aromatic rings. The fourth-order valence-electron chi connectivity index (χ4n) is 3.36. The predicted octanol–water partition coefficient (Wildman–Crippen LogP) is 3.52. The van der Waals surface area contributed by atoms with E-state index in [1.54, 1.807) is 12.1 Å². The third kappa shape index (κ3) is 2.47. The Morgan fingerprint density at radius 1 is 1.10 bits per heavy atom. The Kier molecular flexibility index (Phi) is 3.79. The molecule has 1 aliphatic heterocycles. The van der Waals surface area contributed by atoms with Gasteiger partial charge in [-0.2, -0.15) is 0 Å². The molecule has 1 heterocycles. The average molecular weight is 292 g/mol. The van der Waals surface area contributed by atoms with Gasteiger partial charge in [-0.15, -0.1) is 0 Å². The lowest BCUT2D eigenvalue weighted by Crippen LogP contribution is -2.41. The van der Waals surface area contributed by atoms with Gasteiger partial charge in [0, 0.05) is 17.5 Å². The van der Waals surface area contributed by atoms with Crippen molar-refractivity contribution in [3.63, 3.8) is 0 Å². The van der Waals surface area contributed by atoms with Crippen LogP contribution in [0.25, 0.3) is 0 Å². The molecular weight excluding hydrogens is 274 g/mol. The van der Waals surface area contributed by atoms with Crippen LogP contribution in [0.2, 0.25) is 5.02 Å². The summed E-state index contributed by atoms with van der Waals surface area (Å²) in [5.74, 6) is -0.404. The number of benzene rings is 1. The molecule has 1 saturated heterocycles. The van der Waals surface area contributed by atoms with E-state index in [9.17, 15) is 9.59 Å². The summed E-state index contributed by atoms with van der Waals surface area (Å²) in [6.45, 7) is 0. The molecule has 3 rings (SSSR count). The van der Waals surface area contributed by atoms with E-state index < -0.39 is 0 Å². The summed E-state index contributed by atoms with van der Waals surface area (Å²) in [4.78, 5) is 26.3. The molecular formula is C16H18ClNO2. The molecule has 2 aliphatic rings. The molecule has 0 unspecified atom stereocenters. The molecule has 0 radical (unpaired) electrons. The zero-order valence-electron chi connectivity index (χ0n) is 11.3. The highest BCUT2D eigenvalue weighted by Crippen LogP contribution is 2.35. The molecule has 0 spiro atoms. The number of carbonyl (C=O) groups excluding carboxylic acids is 2. The molecule has 0 N–H and O–H groups in total. The van der Waals surface area contributed by atoms with Crippen molar-refractivity contribution >= 4 is 23.4 Å². The van der Waals surface area contributed by atoms with Gasteiger partial charge in [-0.25, -0.2) is 0 Å². The van der Waals surface area contributed by atoms with Crippen molar-refractivity contribution < 1.29 is 9.59 Å². The first kappa shape index (κ1) is 13.6. The van der Waals surface area contributed by atoms with E-state index in [1.807, 2.05) is 12.1 Å². The van der Waals surface area contributed by atoms with Crippen LogP contribution in [0.15, 0.2) is 24.3 Å². The Bertz CT molecular complexity index is 537. The molecule has 1 atom stereocenters. The fraction of sp³-hybridized carbons (Fsp3) is 0.500. The fourth-order valence-corrected chi connectivity index (χ4v) is 3.56. The monoisotopic (exact) mass is 291 g/mol. The molecule has 1 aromatic carbocycles. The number of halogens is 1. The van der Waals surface area contributed by atoms with Crippen LogP contribution in [-0.2, 0) is 9.59 Å². The molecule has 2 amide bonds. The van der Waals surface area contributed by atoms with Gasteiger partial charge < -0.3 is 0 Å². The van der Waals surface area contributed by atoms with Gasteiger partial charge in [-0.1, -0.05) is 43.0 Å². The molecule has 0 bridgehead atoms. The van der Waals surface area contributed by atoms with Crippen LogP contribution >= 0.6 is 11.6 Å². The Morgan fingerprint density at radius 2 is 1.85 bits per heavy atom. The van der Waals surface area contributed by atoms with Crippen LogP contribution in [0.3, 0.4) is 0 Å². The predicted molar refractivity (Wildman–Crippen MR) is 77.5 cm³/mol. The lowest BCUT2D eigenvalue weighted by molar-refractivity contribution is -0.142. The van der Waals surface area contributed by atoms with Gasteiger partial charge in [0.2, 0.25) is 11.8 Å². The molecule has 4 heteroatoms. The second kappa shape index (κ2) is 5.57. The molecule has 2 fully saturated rings. The van der Waals surface area contributed by atoms with Crippen molar-refractivity contribution in [2.24, 2.45) is 0 Å². The Labute approximate surface area is 123 Å². The standard InChI is InChI=1S/C16H18ClNO2/c17-12-6-4-5-11(9-12)14-10-15(19)18(16(14)20)13-7-2-1-3-8-13/h4-6,9,13-14H,1-3,7-8,10H2/t14-/m1/s1. The van der Waals surface area contributed by atoms with E-state index in [1.165, 1.54) is 11.3 Å². The van der Waals surface area contributed by atoms with Crippen LogP contribution in [0.1, 0.15) is 50.0 Å². The summed E-state index contributed by atoms with van der Waals surface area (Å²) >= 11 is 5.98. The van der Waals surface area contributed by atoms with Gasteiger partial charge in [-0.05, 0) is 30.5 Å².